The maximum absolute atomic E-state index is 13.3. The molecule has 16 rings (SSSR count). The highest BCUT2D eigenvalue weighted by molar-refractivity contribution is 5.98. The number of nitrogens with zero attached hydrogens (tertiary/aromatic N) is 11. The average molecular weight is 1590 g/mol. The molecule has 0 radical (unpaired) electrons. The van der Waals surface area contributed by atoms with E-state index in [0.717, 1.165) is 145 Å². The van der Waals surface area contributed by atoms with Gasteiger partial charge >= 0.3 is 0 Å². The van der Waals surface area contributed by atoms with Gasteiger partial charge < -0.3 is 63.4 Å². The smallest absolute Gasteiger partial charge is 0.251 e. The Morgan fingerprint density at radius 1 is 0.284 bits per heavy atom. The maximum Gasteiger partial charge on any atom is 0.251 e. The Morgan fingerprint density at radius 2 is 0.509 bits per heavy atom. The number of likely N-dealkylation sites (N-methyl/N-ethyl adjacent to an activating group) is 5. The molecule has 0 spiro atoms. The summed E-state index contributed by atoms with van der Waals surface area (Å²) in [6.07, 6.45) is 10.1. The zero-order valence-corrected chi connectivity index (χ0v) is 69.4. The molecule has 12 bridgehead atoms. The Morgan fingerprint density at radius 3 is 0.750 bits per heavy atom. The van der Waals surface area contributed by atoms with Crippen molar-refractivity contribution in [3.63, 3.8) is 0 Å². The molecule has 116 heavy (non-hydrogen) atoms. The van der Waals surface area contributed by atoms with E-state index in [4.69, 9.17) is 20.0 Å². The molecule has 0 atom stereocenters. The summed E-state index contributed by atoms with van der Waals surface area (Å²) in [5, 5.41) is 34.8. The van der Waals surface area contributed by atoms with Gasteiger partial charge in [0.1, 0.15) is 0 Å². The summed E-state index contributed by atoms with van der Waals surface area (Å²) in [6, 6.07) is 44.9. The van der Waals surface area contributed by atoms with Gasteiger partial charge in [0, 0.05) is 248 Å². The number of aliphatic imine (C=N–C) groups is 5. The van der Waals surface area contributed by atoms with Crippen molar-refractivity contribution in [3.8, 4) is 0 Å². The highest BCUT2D eigenvalue weighted by Gasteiger charge is 2.16. The Kier molecular flexibility index (Phi) is 45.3. The lowest BCUT2D eigenvalue weighted by molar-refractivity contribution is 0.0932. The van der Waals surface area contributed by atoms with Crippen molar-refractivity contribution in [2.75, 3.05) is 251 Å². The molecular weight excluding hydrogens is 1460 g/mol. The zero-order valence-electron chi connectivity index (χ0n) is 69.4. The molecule has 6 aromatic carbocycles. The van der Waals surface area contributed by atoms with Gasteiger partial charge in [-0.15, -0.1) is 0 Å². The van der Waals surface area contributed by atoms with Crippen LogP contribution in [-0.4, -0.2) is 347 Å². The third-order valence-electron chi connectivity index (χ3n) is 19.6. The van der Waals surface area contributed by atoms with E-state index in [1.54, 1.807) is 0 Å². The van der Waals surface area contributed by atoms with Gasteiger partial charge in [0.25, 0.3) is 35.4 Å². The molecule has 0 saturated carbocycles. The molecule has 10 aliphatic heterocycles. The lowest BCUT2D eigenvalue weighted by Crippen LogP contribution is -2.42. The van der Waals surface area contributed by atoms with Gasteiger partial charge in [-0.2, -0.15) is 0 Å². The minimum Gasteiger partial charge on any atom is -0.351 e. The molecule has 0 saturated heterocycles. The van der Waals surface area contributed by atoms with Crippen LogP contribution in [0.15, 0.2) is 171 Å². The Bertz CT molecular complexity index is 3960. The number of hydrogen-bond donors (Lipinski definition) is 11. The summed E-state index contributed by atoms with van der Waals surface area (Å²) in [5.41, 5.74) is 9.06. The molecule has 0 aliphatic carbocycles. The van der Waals surface area contributed by atoms with Crippen LogP contribution < -0.4 is 58.5 Å². The molecule has 10 heterocycles. The van der Waals surface area contributed by atoms with Crippen LogP contribution in [-0.2, 0) is 6.54 Å². The van der Waals surface area contributed by atoms with Crippen molar-refractivity contribution in [1.82, 2.24) is 87.9 Å². The summed E-state index contributed by atoms with van der Waals surface area (Å²) >= 11 is 0. The summed E-state index contributed by atoms with van der Waals surface area (Å²) in [6.45, 7) is 24.9. The topological polar surface area (TPSA) is 316 Å². The van der Waals surface area contributed by atoms with Gasteiger partial charge in [0.15, 0.2) is 0 Å². The number of nitrogens with one attached hydrogen (secondary N) is 11. The molecule has 11 N–H and O–H groups in total. The summed E-state index contributed by atoms with van der Waals surface area (Å²) in [4.78, 5) is 116. The fraction of sp³-hybridized carbons (Fsp3) is 0.466. The van der Waals surface area contributed by atoms with Crippen LogP contribution in [0, 0.1) is 0 Å². The minimum absolute atomic E-state index is 0.123. The normalized spacial score (nSPS) is 18.8. The molecule has 28 heteroatoms. The number of rotatable bonds is 14. The summed E-state index contributed by atoms with van der Waals surface area (Å²) < 4.78 is 0. The van der Waals surface area contributed by atoms with E-state index < -0.39 is 0 Å². The van der Waals surface area contributed by atoms with E-state index in [0.29, 0.717) is 151 Å². The average Bonchev–Trinajstić information content (AvgIpc) is 0.910. The van der Waals surface area contributed by atoms with E-state index in [-0.39, 0.29) is 35.4 Å². The molecule has 0 unspecified atom stereocenters. The second-order valence-corrected chi connectivity index (χ2v) is 28.6. The van der Waals surface area contributed by atoms with Crippen molar-refractivity contribution in [2.24, 2.45) is 25.0 Å². The number of benzene rings is 6. The molecule has 6 aromatic rings. The van der Waals surface area contributed by atoms with Crippen LogP contribution in [0.5, 0.6) is 0 Å². The number of carbonyl (C=O) groups is 6. The maximum atomic E-state index is 13.3. The van der Waals surface area contributed by atoms with E-state index in [1.807, 2.05) is 205 Å². The molecular formula is C88H128N22O6. The second kappa shape index (κ2) is 56.4. The zero-order chi connectivity index (χ0) is 82.4. The third kappa shape index (κ3) is 37.8. The van der Waals surface area contributed by atoms with Crippen molar-refractivity contribution >= 4 is 66.5 Å². The molecule has 626 valence electrons. The van der Waals surface area contributed by atoms with Crippen LogP contribution in [0.1, 0.15) is 109 Å². The van der Waals surface area contributed by atoms with E-state index in [2.05, 4.69) is 107 Å². The Labute approximate surface area is 688 Å². The lowest BCUT2D eigenvalue weighted by atomic mass is 10.1. The first-order valence-electron chi connectivity index (χ1n) is 41.1. The largest absolute Gasteiger partial charge is 0.351 e. The molecule has 0 aromatic heterocycles. The van der Waals surface area contributed by atoms with Crippen LogP contribution in [0.2, 0.25) is 0 Å². The summed E-state index contributed by atoms with van der Waals surface area (Å²) in [5.74, 6) is -0.892. The Hall–Kier alpha value is -9.95. The van der Waals surface area contributed by atoms with Crippen molar-refractivity contribution in [3.05, 3.63) is 212 Å². The lowest BCUT2D eigenvalue weighted by Gasteiger charge is -2.22. The third-order valence-corrected chi connectivity index (χ3v) is 19.6. The van der Waals surface area contributed by atoms with Gasteiger partial charge in [0.05, 0.1) is 32.7 Å². The number of hydrogen-bond acceptors (Lipinski definition) is 22. The van der Waals surface area contributed by atoms with E-state index >= 15 is 0 Å². The SMILES string of the molecule is CCCN1CCNC(=O)c2ccc(cc2)/C=N/CCN(CCNC)CC/N=C/c2ccc(cc2)C(=O)NCCN(CCNC)CCNC(=O)c2ccc(cc2)/C=N/CCN(CCNC)CC/N=C/c2ccc(cc2)C(=O)NCCN(CCNC)CCNC(=O)c2ccc(cc2)/C=N/CCN(C)CCNCc2ccc(cc2)C(=O)NCC1. The molecule has 28 nitrogen and oxygen atoms in total. The molecule has 10 aliphatic rings. The first-order chi connectivity index (χ1) is 56.7. The van der Waals surface area contributed by atoms with Crippen LogP contribution in [0.3, 0.4) is 0 Å². The fourth-order valence-corrected chi connectivity index (χ4v) is 12.5. The van der Waals surface area contributed by atoms with Crippen LogP contribution >= 0.6 is 0 Å². The second-order valence-electron chi connectivity index (χ2n) is 28.6. The van der Waals surface area contributed by atoms with Crippen molar-refractivity contribution in [2.45, 2.75) is 19.9 Å². The predicted molar refractivity (Wildman–Crippen MR) is 472 cm³/mol. The fourth-order valence-electron chi connectivity index (χ4n) is 12.5. The van der Waals surface area contributed by atoms with Crippen molar-refractivity contribution < 1.29 is 28.8 Å². The Balaban J connectivity index is 0.889. The van der Waals surface area contributed by atoms with Crippen molar-refractivity contribution in [1.29, 1.82) is 0 Å². The number of carbonyl (C=O) groups excluding carboxylic acids is 6. The highest BCUT2D eigenvalue weighted by atomic mass is 16.2. The monoisotopic (exact) mass is 1590 g/mol. The molecule has 0 fully saturated rings. The van der Waals surface area contributed by atoms with Gasteiger partial charge in [-0.3, -0.25) is 78.2 Å². The van der Waals surface area contributed by atoms with E-state index in [9.17, 15) is 28.8 Å². The predicted octanol–water partition coefficient (Wildman–Crippen LogP) is 3.49. The standard InChI is InChI=1S/C88H128N22O6/c1-7-48-106-59-42-99-83(111)77-20-8-71(9-21-77)65-93-36-49-105(6)50-37-94-66-72-10-22-79(23-11-72)85(113)101-44-61-109(53-34-91-4)62-45-102-86(114)80-26-14-75(15-27-80)69-97-40-57-108(52-33-90-3)58-41-98-70-76-18-30-82(31-19-76)88(116)104-47-64-110(54-35-92-5)63-46-103-87(115)81-28-16-74(17-29-81)68-96-39-56-107(51-32-89-2)55-38-95-67-73-12-24-78(25-13-73)84(112)100-43-60-106/h8-31,66-70,89-93H,7,32-65H2,1-6H3,(H,99,111)(H,100,112)(H,101,113)(H,102,114)(H,103,115)(H,104,116)/b94-66+,95-67+,96-68+,97-69+,98-70+. The minimum atomic E-state index is -0.159. The highest BCUT2D eigenvalue weighted by Crippen LogP contribution is 2.11. The van der Waals surface area contributed by atoms with Crippen LogP contribution in [0.4, 0.5) is 0 Å². The van der Waals surface area contributed by atoms with Gasteiger partial charge in [-0.25, -0.2) is 0 Å². The van der Waals surface area contributed by atoms with Gasteiger partial charge in [-0.1, -0.05) is 79.7 Å². The number of amides is 6. The first kappa shape index (κ1) is 93.2. The quantitative estimate of drug-likeness (QED) is 0.0744. The first-order valence-corrected chi connectivity index (χ1v) is 41.1. The van der Waals surface area contributed by atoms with Gasteiger partial charge in [0.2, 0.25) is 0 Å². The van der Waals surface area contributed by atoms with Crippen LogP contribution in [0.25, 0.3) is 0 Å². The van der Waals surface area contributed by atoms with E-state index in [1.165, 1.54) is 0 Å². The molecule has 6 amide bonds. The summed E-state index contributed by atoms with van der Waals surface area (Å²) in [7, 11) is 9.76. The van der Waals surface area contributed by atoms with Gasteiger partial charge in [-0.05, 0) is 154 Å².